The van der Waals surface area contributed by atoms with Crippen LogP contribution in [0.4, 0.5) is 0 Å². The van der Waals surface area contributed by atoms with Gasteiger partial charge in [0, 0.05) is 11.8 Å². The highest BCUT2D eigenvalue weighted by Crippen LogP contribution is 2.61. The van der Waals surface area contributed by atoms with Gasteiger partial charge in [-0.3, -0.25) is 0 Å². The largest absolute Gasteiger partial charge is 0.144 e. The molecule has 0 N–H and O–H groups in total. The van der Waals surface area contributed by atoms with Crippen LogP contribution in [-0.2, 0) is 11.8 Å². The van der Waals surface area contributed by atoms with Crippen LogP contribution in [0.2, 0.25) is 0 Å². The molecule has 1 aromatic rings. The van der Waals surface area contributed by atoms with Crippen molar-refractivity contribution in [3.63, 3.8) is 0 Å². The summed E-state index contributed by atoms with van der Waals surface area (Å²) in [6, 6.07) is 0. The fourth-order valence-electron chi connectivity index (χ4n) is 6.56. The molecule has 5 aliphatic rings. The minimum absolute atomic E-state index is 0.456. The van der Waals surface area contributed by atoms with Crippen molar-refractivity contribution < 1.29 is 0 Å². The van der Waals surface area contributed by atoms with Crippen molar-refractivity contribution in [3.05, 3.63) is 10.0 Å². The standard InChI is InChI=1S/C19H28N2S/c1-2-4-13(5-3-1)9-17-20-21-18(22-17)19-10-14-6-15(11-19)8-16(7-14)12-19/h13-16H,1-12H2. The minimum Gasteiger partial charge on any atom is -0.144 e. The van der Waals surface area contributed by atoms with Gasteiger partial charge in [0.25, 0.3) is 0 Å². The molecule has 1 heterocycles. The van der Waals surface area contributed by atoms with Gasteiger partial charge in [-0.15, -0.1) is 21.5 Å². The van der Waals surface area contributed by atoms with Crippen molar-refractivity contribution in [2.45, 2.75) is 82.5 Å². The minimum atomic E-state index is 0.456. The van der Waals surface area contributed by atoms with Gasteiger partial charge in [-0.25, -0.2) is 0 Å². The zero-order valence-electron chi connectivity index (χ0n) is 13.6. The second-order valence-corrected chi connectivity index (χ2v) is 9.97. The average Bonchev–Trinajstić information content (AvgIpc) is 2.96. The third kappa shape index (κ3) is 2.35. The molecule has 1 aromatic heterocycles. The van der Waals surface area contributed by atoms with Crippen LogP contribution in [0.15, 0.2) is 0 Å². The van der Waals surface area contributed by atoms with Crippen LogP contribution in [0.5, 0.6) is 0 Å². The molecule has 120 valence electrons. The second kappa shape index (κ2) is 5.29. The molecule has 0 saturated heterocycles. The third-order valence-electron chi connectivity index (χ3n) is 7.15. The van der Waals surface area contributed by atoms with Gasteiger partial charge in [-0.05, 0) is 62.2 Å². The second-order valence-electron chi connectivity index (χ2n) is 8.91. The predicted molar refractivity (Wildman–Crippen MR) is 90.0 cm³/mol. The first kappa shape index (κ1) is 13.9. The van der Waals surface area contributed by atoms with E-state index in [4.69, 9.17) is 5.10 Å². The van der Waals surface area contributed by atoms with Gasteiger partial charge in [0.15, 0.2) is 0 Å². The summed E-state index contributed by atoms with van der Waals surface area (Å²) in [4.78, 5) is 0. The summed E-state index contributed by atoms with van der Waals surface area (Å²) in [5.41, 5.74) is 0.456. The maximum atomic E-state index is 4.74. The maximum Gasteiger partial charge on any atom is 0.123 e. The van der Waals surface area contributed by atoms with Gasteiger partial charge in [0.2, 0.25) is 0 Å². The number of rotatable bonds is 3. The van der Waals surface area contributed by atoms with Crippen LogP contribution in [-0.4, -0.2) is 10.2 Å². The van der Waals surface area contributed by atoms with Crippen molar-refractivity contribution >= 4 is 11.3 Å². The van der Waals surface area contributed by atoms with E-state index >= 15 is 0 Å². The summed E-state index contributed by atoms with van der Waals surface area (Å²) < 4.78 is 0. The van der Waals surface area contributed by atoms with Gasteiger partial charge in [0.05, 0.1) is 0 Å². The van der Waals surface area contributed by atoms with E-state index in [1.165, 1.54) is 87.1 Å². The maximum absolute atomic E-state index is 4.74. The normalized spacial score (nSPS) is 41.2. The Morgan fingerprint density at radius 2 is 1.50 bits per heavy atom. The van der Waals surface area contributed by atoms with Crippen molar-refractivity contribution in [2.75, 3.05) is 0 Å². The lowest BCUT2D eigenvalue weighted by atomic mass is 9.50. The van der Waals surface area contributed by atoms with E-state index in [2.05, 4.69) is 5.10 Å². The Morgan fingerprint density at radius 1 is 0.864 bits per heavy atom. The topological polar surface area (TPSA) is 25.8 Å². The van der Waals surface area contributed by atoms with Gasteiger partial charge in [-0.2, -0.15) is 0 Å². The van der Waals surface area contributed by atoms with Gasteiger partial charge < -0.3 is 0 Å². The Morgan fingerprint density at radius 3 is 2.14 bits per heavy atom. The predicted octanol–water partition coefficient (Wildman–Crippen LogP) is 5.13. The molecule has 5 saturated carbocycles. The van der Waals surface area contributed by atoms with E-state index in [-0.39, 0.29) is 0 Å². The molecule has 0 radical (unpaired) electrons. The van der Waals surface area contributed by atoms with Crippen molar-refractivity contribution in [1.29, 1.82) is 0 Å². The molecule has 5 fully saturated rings. The van der Waals surface area contributed by atoms with Crippen LogP contribution >= 0.6 is 11.3 Å². The van der Waals surface area contributed by atoms with Gasteiger partial charge in [-0.1, -0.05) is 32.1 Å². The molecule has 0 aromatic carbocycles. The molecular formula is C19H28N2S. The Hall–Kier alpha value is -0.440. The molecule has 0 spiro atoms. The zero-order chi connectivity index (χ0) is 14.6. The Balaban J connectivity index is 1.35. The van der Waals surface area contributed by atoms with E-state index in [1.807, 2.05) is 11.3 Å². The van der Waals surface area contributed by atoms with Crippen LogP contribution in [0, 0.1) is 23.7 Å². The van der Waals surface area contributed by atoms with E-state index in [0.29, 0.717) is 5.41 Å². The fourth-order valence-corrected chi connectivity index (χ4v) is 7.73. The molecule has 2 nitrogen and oxygen atoms in total. The van der Waals surface area contributed by atoms with E-state index in [9.17, 15) is 0 Å². The zero-order valence-corrected chi connectivity index (χ0v) is 14.4. The van der Waals surface area contributed by atoms with Crippen molar-refractivity contribution in [3.8, 4) is 0 Å². The lowest BCUT2D eigenvalue weighted by molar-refractivity contribution is -0.00555. The van der Waals surface area contributed by atoms with E-state index in [1.54, 1.807) is 0 Å². The highest BCUT2D eigenvalue weighted by molar-refractivity contribution is 7.11. The van der Waals surface area contributed by atoms with E-state index in [0.717, 1.165) is 23.7 Å². The summed E-state index contributed by atoms with van der Waals surface area (Å²) in [7, 11) is 0. The van der Waals surface area contributed by atoms with Crippen molar-refractivity contribution in [1.82, 2.24) is 10.2 Å². The Labute approximate surface area is 138 Å². The summed E-state index contributed by atoms with van der Waals surface area (Å²) >= 11 is 1.99. The summed E-state index contributed by atoms with van der Waals surface area (Å²) in [5, 5.41) is 12.1. The molecule has 22 heavy (non-hydrogen) atoms. The summed E-state index contributed by atoms with van der Waals surface area (Å²) in [5.74, 6) is 3.93. The number of hydrogen-bond acceptors (Lipinski definition) is 3. The van der Waals surface area contributed by atoms with Crippen LogP contribution in [0.1, 0.15) is 80.6 Å². The first-order valence-corrected chi connectivity index (χ1v) is 10.4. The fraction of sp³-hybridized carbons (Fsp3) is 0.895. The van der Waals surface area contributed by atoms with Crippen molar-refractivity contribution in [2.24, 2.45) is 23.7 Å². The lowest BCUT2D eigenvalue weighted by Crippen LogP contribution is -2.48. The number of aromatic nitrogens is 2. The molecule has 0 unspecified atom stereocenters. The highest BCUT2D eigenvalue weighted by atomic mass is 32.1. The number of hydrogen-bond donors (Lipinski definition) is 0. The molecule has 3 heteroatoms. The highest BCUT2D eigenvalue weighted by Gasteiger charge is 2.53. The third-order valence-corrected chi connectivity index (χ3v) is 8.34. The molecule has 0 aliphatic heterocycles. The van der Waals surface area contributed by atoms with Crippen LogP contribution in [0.3, 0.4) is 0 Å². The molecule has 0 amide bonds. The molecular weight excluding hydrogens is 288 g/mol. The van der Waals surface area contributed by atoms with Gasteiger partial charge in [0.1, 0.15) is 10.0 Å². The monoisotopic (exact) mass is 316 g/mol. The molecule has 4 bridgehead atoms. The molecule has 0 atom stereocenters. The SMILES string of the molecule is C1CCC(Cc2nnc(C34CC5CC(CC(C5)C3)C4)s2)CC1. The molecule has 5 aliphatic carbocycles. The number of nitrogens with zero attached hydrogens (tertiary/aromatic N) is 2. The van der Waals surface area contributed by atoms with Crippen LogP contribution < -0.4 is 0 Å². The van der Waals surface area contributed by atoms with E-state index < -0.39 is 0 Å². The Bertz CT molecular complexity index is 508. The average molecular weight is 317 g/mol. The quantitative estimate of drug-likeness (QED) is 0.772. The summed E-state index contributed by atoms with van der Waals surface area (Å²) in [6.07, 6.45) is 17.2. The first-order valence-electron chi connectivity index (χ1n) is 9.62. The smallest absolute Gasteiger partial charge is 0.123 e. The Kier molecular flexibility index (Phi) is 3.35. The van der Waals surface area contributed by atoms with Gasteiger partial charge >= 0.3 is 0 Å². The lowest BCUT2D eigenvalue weighted by Gasteiger charge is -2.55. The van der Waals surface area contributed by atoms with Crippen LogP contribution in [0.25, 0.3) is 0 Å². The first-order chi connectivity index (χ1) is 10.8. The summed E-state index contributed by atoms with van der Waals surface area (Å²) in [6.45, 7) is 0. The molecule has 6 rings (SSSR count).